The summed E-state index contributed by atoms with van der Waals surface area (Å²) < 4.78 is 5.43. The van der Waals surface area contributed by atoms with Crippen LogP contribution in [0.4, 0.5) is 5.69 Å². The van der Waals surface area contributed by atoms with E-state index in [-0.39, 0.29) is 11.8 Å². The quantitative estimate of drug-likeness (QED) is 0.703. The molecular formula is C16H23N3O3. The van der Waals surface area contributed by atoms with Gasteiger partial charge in [-0.15, -0.1) is 0 Å². The summed E-state index contributed by atoms with van der Waals surface area (Å²) >= 11 is 0. The molecule has 1 aromatic rings. The molecule has 1 fully saturated rings. The molecule has 0 radical (unpaired) electrons. The standard InChI is InChI=1S/C14H17N3O3.C2H6/c1-3-4-12-9(7-15-2)11(8-20-12)16-10-5-6-13(18)17-14(10)19;1-2/h3-4,7-8,10,15-16H,1,5-6H2,2H3,(H,17,18,19);1-2H3/b9-7-,12-4+;. The molecule has 3 N–H and O–H groups in total. The second-order valence-corrected chi connectivity index (χ2v) is 4.41. The summed E-state index contributed by atoms with van der Waals surface area (Å²) in [6.45, 7) is 7.63. The summed E-state index contributed by atoms with van der Waals surface area (Å²) in [6, 6.07) is -0.439. The highest BCUT2D eigenvalue weighted by Crippen LogP contribution is 2.09. The highest BCUT2D eigenvalue weighted by Gasteiger charge is 2.26. The van der Waals surface area contributed by atoms with Crippen molar-refractivity contribution in [3.63, 3.8) is 0 Å². The zero-order valence-corrected chi connectivity index (χ0v) is 13.2. The van der Waals surface area contributed by atoms with E-state index < -0.39 is 6.04 Å². The summed E-state index contributed by atoms with van der Waals surface area (Å²) in [5.74, 6) is -0.546. The molecule has 6 nitrogen and oxygen atoms in total. The third-order valence-corrected chi connectivity index (χ3v) is 2.99. The van der Waals surface area contributed by atoms with Crippen LogP contribution in [0.15, 0.2) is 23.3 Å². The van der Waals surface area contributed by atoms with Gasteiger partial charge >= 0.3 is 0 Å². The summed E-state index contributed by atoms with van der Waals surface area (Å²) in [5, 5.41) is 9.15. The summed E-state index contributed by atoms with van der Waals surface area (Å²) in [4.78, 5) is 22.9. The Morgan fingerprint density at radius 3 is 2.73 bits per heavy atom. The first kappa shape index (κ1) is 17.6. The molecule has 22 heavy (non-hydrogen) atoms. The average Bonchev–Trinajstić information content (AvgIpc) is 2.87. The SMILES string of the molecule is C=C/C=c1/occ(NC2CCC(=O)NC2=O)/c1=C/NC.CC. The molecule has 2 heterocycles. The maximum Gasteiger partial charge on any atom is 0.249 e. The van der Waals surface area contributed by atoms with Crippen molar-refractivity contribution in [1.82, 2.24) is 10.6 Å². The Morgan fingerprint density at radius 2 is 2.14 bits per heavy atom. The van der Waals surface area contributed by atoms with Gasteiger partial charge in [0, 0.05) is 19.7 Å². The van der Waals surface area contributed by atoms with Crippen LogP contribution in [-0.2, 0) is 9.59 Å². The van der Waals surface area contributed by atoms with E-state index in [1.165, 1.54) is 0 Å². The first-order chi connectivity index (χ1) is 10.7. The van der Waals surface area contributed by atoms with Crippen LogP contribution in [0.25, 0.3) is 12.3 Å². The van der Waals surface area contributed by atoms with Crippen LogP contribution in [0.2, 0.25) is 0 Å². The highest BCUT2D eigenvalue weighted by molar-refractivity contribution is 6.01. The number of furan rings is 1. The lowest BCUT2D eigenvalue weighted by atomic mass is 10.1. The first-order valence-electron chi connectivity index (χ1n) is 7.33. The summed E-state index contributed by atoms with van der Waals surface area (Å²) in [5.41, 5.74) is 1.34. The van der Waals surface area contributed by atoms with E-state index in [9.17, 15) is 9.59 Å². The van der Waals surface area contributed by atoms with Crippen molar-refractivity contribution >= 4 is 29.8 Å². The molecule has 1 unspecified atom stereocenters. The van der Waals surface area contributed by atoms with Crippen molar-refractivity contribution < 1.29 is 14.0 Å². The van der Waals surface area contributed by atoms with E-state index in [4.69, 9.17) is 4.42 Å². The van der Waals surface area contributed by atoms with Crippen LogP contribution in [0.1, 0.15) is 26.7 Å². The van der Waals surface area contributed by atoms with Crippen molar-refractivity contribution in [1.29, 1.82) is 0 Å². The smallest absolute Gasteiger partial charge is 0.249 e. The van der Waals surface area contributed by atoms with Crippen LogP contribution in [0.5, 0.6) is 0 Å². The number of allylic oxidation sites excluding steroid dienone is 1. The number of anilines is 1. The second kappa shape index (κ2) is 8.71. The number of hydrogen-bond acceptors (Lipinski definition) is 5. The average molecular weight is 305 g/mol. The number of rotatable bonds is 4. The number of carbonyl (C=O) groups is 2. The van der Waals surface area contributed by atoms with Crippen LogP contribution in [0, 0.1) is 0 Å². The minimum Gasteiger partial charge on any atom is -0.462 e. The van der Waals surface area contributed by atoms with Gasteiger partial charge in [0.15, 0.2) is 0 Å². The largest absolute Gasteiger partial charge is 0.462 e. The first-order valence-corrected chi connectivity index (χ1v) is 7.33. The minimum atomic E-state index is -0.439. The molecule has 1 aliphatic rings. The van der Waals surface area contributed by atoms with Gasteiger partial charge in [0.2, 0.25) is 11.8 Å². The van der Waals surface area contributed by atoms with Crippen LogP contribution >= 0.6 is 0 Å². The Morgan fingerprint density at radius 1 is 1.41 bits per heavy atom. The Balaban J connectivity index is 0.00000116. The van der Waals surface area contributed by atoms with Gasteiger partial charge in [-0.2, -0.15) is 0 Å². The van der Waals surface area contributed by atoms with E-state index in [0.717, 1.165) is 5.22 Å². The van der Waals surface area contributed by atoms with Gasteiger partial charge in [-0.05, 0) is 12.5 Å². The molecule has 2 rings (SSSR count). The van der Waals surface area contributed by atoms with E-state index >= 15 is 0 Å². The van der Waals surface area contributed by atoms with Crippen molar-refractivity contribution in [3.8, 4) is 0 Å². The lowest BCUT2D eigenvalue weighted by molar-refractivity contribution is -0.133. The maximum atomic E-state index is 11.7. The number of piperidine rings is 1. The molecule has 6 heteroatoms. The van der Waals surface area contributed by atoms with Crippen molar-refractivity contribution in [2.45, 2.75) is 32.7 Å². The zero-order chi connectivity index (χ0) is 16.5. The second-order valence-electron chi connectivity index (χ2n) is 4.41. The molecule has 120 valence electrons. The van der Waals surface area contributed by atoms with E-state index in [1.54, 1.807) is 31.7 Å². The number of hydrogen-bond donors (Lipinski definition) is 3. The Bertz CT molecular complexity index is 646. The molecule has 1 aromatic heterocycles. The number of nitrogens with one attached hydrogen (secondary N) is 3. The summed E-state index contributed by atoms with van der Waals surface area (Å²) in [6.07, 6.45) is 7.48. The van der Waals surface area contributed by atoms with Gasteiger partial charge in [0.1, 0.15) is 17.7 Å². The zero-order valence-electron chi connectivity index (χ0n) is 13.2. The number of imide groups is 1. The van der Waals surface area contributed by atoms with Gasteiger partial charge in [-0.3, -0.25) is 14.9 Å². The molecule has 0 spiro atoms. The molecule has 2 amide bonds. The van der Waals surface area contributed by atoms with Crippen LogP contribution in [0.3, 0.4) is 0 Å². The van der Waals surface area contributed by atoms with Crippen LogP contribution in [-0.4, -0.2) is 24.9 Å². The van der Waals surface area contributed by atoms with E-state index in [2.05, 4.69) is 22.5 Å². The van der Waals surface area contributed by atoms with E-state index in [1.807, 2.05) is 13.8 Å². The molecule has 1 atom stereocenters. The molecular weight excluding hydrogens is 282 g/mol. The number of carbonyl (C=O) groups excluding carboxylic acids is 2. The molecule has 0 aromatic carbocycles. The van der Waals surface area contributed by atoms with Gasteiger partial charge in [0.25, 0.3) is 0 Å². The van der Waals surface area contributed by atoms with Crippen molar-refractivity contribution in [3.05, 3.63) is 29.6 Å². The molecule has 1 saturated heterocycles. The normalized spacial score (nSPS) is 19.1. The van der Waals surface area contributed by atoms with Gasteiger partial charge in [-0.25, -0.2) is 0 Å². The Hall–Kier alpha value is -2.50. The monoisotopic (exact) mass is 305 g/mol. The third kappa shape index (κ3) is 4.25. The minimum absolute atomic E-state index is 0.233. The topological polar surface area (TPSA) is 83.4 Å². The molecule has 1 aliphatic heterocycles. The number of amides is 2. The Kier molecular flexibility index (Phi) is 6.95. The van der Waals surface area contributed by atoms with Gasteiger partial charge < -0.3 is 15.1 Å². The lowest BCUT2D eigenvalue weighted by Gasteiger charge is -2.21. The summed E-state index contributed by atoms with van der Waals surface area (Å²) in [7, 11) is 1.78. The fraction of sp³-hybridized carbons (Fsp3) is 0.375. The molecule has 0 bridgehead atoms. The molecule has 0 saturated carbocycles. The van der Waals surface area contributed by atoms with Crippen molar-refractivity contribution in [2.24, 2.45) is 0 Å². The van der Waals surface area contributed by atoms with E-state index in [0.29, 0.717) is 23.9 Å². The molecule has 0 aliphatic carbocycles. The maximum absolute atomic E-state index is 11.7. The fourth-order valence-corrected chi connectivity index (χ4v) is 2.04. The van der Waals surface area contributed by atoms with Gasteiger partial charge in [0.05, 0.1) is 10.9 Å². The third-order valence-electron chi connectivity index (χ3n) is 2.99. The lowest BCUT2D eigenvalue weighted by Crippen LogP contribution is -2.48. The van der Waals surface area contributed by atoms with Crippen LogP contribution < -0.4 is 26.6 Å². The predicted molar refractivity (Wildman–Crippen MR) is 87.3 cm³/mol. The fourth-order valence-electron chi connectivity index (χ4n) is 2.04. The highest BCUT2D eigenvalue weighted by atomic mass is 16.3. The van der Waals surface area contributed by atoms with Gasteiger partial charge in [-0.1, -0.05) is 26.5 Å². The van der Waals surface area contributed by atoms with Crippen molar-refractivity contribution in [2.75, 3.05) is 12.4 Å². The Labute approximate surface area is 130 Å². The predicted octanol–water partition coefficient (Wildman–Crippen LogP) is 0.447.